The van der Waals surface area contributed by atoms with Gasteiger partial charge < -0.3 is 4.90 Å². The molecule has 1 nitrogen and oxygen atoms in total. The number of benzene rings is 10. The van der Waals surface area contributed by atoms with E-state index in [0.29, 0.717) is 0 Å². The lowest BCUT2D eigenvalue weighted by atomic mass is 9.67. The fraction of sp³-hybridized carbons (Fsp3) is 0.0345. The quantitative estimate of drug-likeness (QED) is 0.164. The number of nitrogens with zero attached hydrogens (tertiary/aromatic N) is 1. The Morgan fingerprint density at radius 1 is 0.356 bits per heavy atom. The van der Waals surface area contributed by atoms with E-state index in [0.717, 1.165) is 23.5 Å². The molecule has 0 fully saturated rings. The van der Waals surface area contributed by atoms with Gasteiger partial charge in [-0.25, -0.2) is 0 Å². The van der Waals surface area contributed by atoms with Gasteiger partial charge in [0.25, 0.3) is 0 Å². The molecule has 0 unspecified atom stereocenters. The van der Waals surface area contributed by atoms with Crippen molar-refractivity contribution in [1.29, 1.82) is 0 Å². The first-order valence-corrected chi connectivity index (χ1v) is 20.6. The van der Waals surface area contributed by atoms with Crippen molar-refractivity contribution in [3.63, 3.8) is 0 Å². The van der Waals surface area contributed by atoms with Crippen LogP contribution in [0.25, 0.3) is 54.9 Å². The zero-order valence-corrected chi connectivity index (χ0v) is 32.5. The molecule has 0 radical (unpaired) electrons. The summed E-state index contributed by atoms with van der Waals surface area (Å²) in [7, 11) is 0. The Morgan fingerprint density at radius 3 is 1.68 bits per heavy atom. The summed E-state index contributed by atoms with van der Waals surface area (Å²) in [6.45, 7) is 0. The Bertz CT molecular complexity index is 3170. The van der Waals surface area contributed by atoms with E-state index in [1.165, 1.54) is 88.3 Å². The number of rotatable bonds is 6. The summed E-state index contributed by atoms with van der Waals surface area (Å²) in [5.41, 5.74) is 18.6. The van der Waals surface area contributed by atoms with Crippen LogP contribution < -0.4 is 4.90 Å². The summed E-state index contributed by atoms with van der Waals surface area (Å²) in [4.78, 5) is 2.41. The average Bonchev–Trinajstić information content (AvgIpc) is 3.60. The first-order chi connectivity index (χ1) is 29.3. The van der Waals surface area contributed by atoms with Gasteiger partial charge in [-0.1, -0.05) is 182 Å². The summed E-state index contributed by atoms with van der Waals surface area (Å²) < 4.78 is 0. The zero-order chi connectivity index (χ0) is 38.9. The minimum Gasteiger partial charge on any atom is -0.310 e. The van der Waals surface area contributed by atoms with Gasteiger partial charge >= 0.3 is 0 Å². The van der Waals surface area contributed by atoms with Crippen molar-refractivity contribution in [2.75, 3.05) is 4.90 Å². The molecule has 0 spiro atoms. The van der Waals surface area contributed by atoms with E-state index < -0.39 is 5.41 Å². The van der Waals surface area contributed by atoms with Crippen LogP contribution in [0.2, 0.25) is 0 Å². The van der Waals surface area contributed by atoms with Crippen molar-refractivity contribution < 1.29 is 0 Å². The van der Waals surface area contributed by atoms with Crippen molar-refractivity contribution in [3.8, 4) is 33.4 Å². The smallest absolute Gasteiger partial charge is 0.0714 e. The second-order valence-corrected chi connectivity index (χ2v) is 16.0. The highest BCUT2D eigenvalue weighted by Gasteiger charge is 2.46. The topological polar surface area (TPSA) is 3.24 Å². The molecule has 10 aromatic carbocycles. The van der Waals surface area contributed by atoms with Gasteiger partial charge in [0.1, 0.15) is 0 Å². The minimum atomic E-state index is -0.476. The van der Waals surface area contributed by atoms with E-state index in [9.17, 15) is 0 Å². The maximum absolute atomic E-state index is 2.46. The van der Waals surface area contributed by atoms with Crippen molar-refractivity contribution in [2.24, 2.45) is 0 Å². The van der Waals surface area contributed by atoms with Gasteiger partial charge in [0.2, 0.25) is 0 Å². The maximum atomic E-state index is 2.46. The molecule has 0 aliphatic heterocycles. The molecule has 0 saturated heterocycles. The van der Waals surface area contributed by atoms with E-state index in [2.05, 4.69) is 229 Å². The summed E-state index contributed by atoms with van der Waals surface area (Å²) in [5, 5.41) is 5.31. The van der Waals surface area contributed by atoms with Crippen LogP contribution in [0.4, 0.5) is 17.1 Å². The van der Waals surface area contributed by atoms with Gasteiger partial charge in [0.05, 0.1) is 5.41 Å². The Labute approximate surface area is 345 Å². The van der Waals surface area contributed by atoms with Gasteiger partial charge in [-0.15, -0.1) is 0 Å². The second-order valence-electron chi connectivity index (χ2n) is 16.0. The predicted molar refractivity (Wildman–Crippen MR) is 247 cm³/mol. The highest BCUT2D eigenvalue weighted by molar-refractivity contribution is 6.13. The molecule has 0 N–H and O–H groups in total. The van der Waals surface area contributed by atoms with Crippen molar-refractivity contribution in [1.82, 2.24) is 0 Å². The molecule has 0 amide bonds. The van der Waals surface area contributed by atoms with Gasteiger partial charge in [-0.2, -0.15) is 0 Å². The third kappa shape index (κ3) is 5.05. The molecule has 0 bridgehead atoms. The number of fused-ring (bicyclic) bond motifs is 7. The van der Waals surface area contributed by atoms with Crippen LogP contribution in [0, 0.1) is 0 Å². The molecule has 2 aliphatic carbocycles. The van der Waals surface area contributed by atoms with Gasteiger partial charge in [-0.05, 0) is 137 Å². The molecule has 0 heterocycles. The summed E-state index contributed by atoms with van der Waals surface area (Å²) in [6.07, 6.45) is 0.928. The highest BCUT2D eigenvalue weighted by atomic mass is 15.1. The molecular formula is C58H39N. The largest absolute Gasteiger partial charge is 0.310 e. The summed E-state index contributed by atoms with van der Waals surface area (Å²) in [5.74, 6) is 0. The van der Waals surface area contributed by atoms with E-state index in [1.807, 2.05) is 0 Å². The molecule has 1 heteroatoms. The standard InChI is InChI=1S/C58H39N/c1-4-19-43(20-5-1)58(44-21-6-2-7-22-44)54-29-13-12-26-49(54)50-35-34-47(38-55(50)58)59(45-23-8-3-9-24-45)46-32-30-39(31-33-46)53-37-42-36-41-18-14-16-40-17-15-28-52(56(40)41)57(42)51-27-11-10-25-48(51)53/h1-35,37-38H,36H2. The van der Waals surface area contributed by atoms with Crippen LogP contribution in [-0.4, -0.2) is 0 Å². The van der Waals surface area contributed by atoms with Gasteiger partial charge in [0.15, 0.2) is 0 Å². The van der Waals surface area contributed by atoms with E-state index >= 15 is 0 Å². The molecule has 0 saturated carbocycles. The van der Waals surface area contributed by atoms with Crippen LogP contribution in [0.15, 0.2) is 224 Å². The monoisotopic (exact) mass is 749 g/mol. The normalized spacial score (nSPS) is 13.2. The lowest BCUT2D eigenvalue weighted by Gasteiger charge is -2.35. The zero-order valence-electron chi connectivity index (χ0n) is 32.5. The highest BCUT2D eigenvalue weighted by Crippen LogP contribution is 2.57. The SMILES string of the molecule is c1ccc(N(c2ccc(-c3cc4c(c5ccccc35)-c3cccc5cccc(c35)C4)cc2)c2ccc3c(c2)C(c2ccccc2)(c2ccccc2)c2ccccc2-3)cc1. The first-order valence-electron chi connectivity index (χ1n) is 20.6. The number of hydrogen-bond donors (Lipinski definition) is 0. The number of hydrogen-bond acceptors (Lipinski definition) is 1. The Balaban J connectivity index is 1.02. The van der Waals surface area contributed by atoms with E-state index in [-0.39, 0.29) is 0 Å². The molecular weight excluding hydrogens is 711 g/mol. The van der Waals surface area contributed by atoms with Gasteiger partial charge in [0, 0.05) is 17.1 Å². The molecule has 10 aromatic rings. The van der Waals surface area contributed by atoms with Crippen LogP contribution in [-0.2, 0) is 11.8 Å². The molecule has 0 aromatic heterocycles. The Hall–Kier alpha value is -7.48. The van der Waals surface area contributed by atoms with Crippen LogP contribution >= 0.6 is 0 Å². The van der Waals surface area contributed by atoms with Crippen molar-refractivity contribution in [2.45, 2.75) is 11.8 Å². The number of para-hydroxylation sites is 1. The van der Waals surface area contributed by atoms with Crippen LogP contribution in [0.3, 0.4) is 0 Å². The van der Waals surface area contributed by atoms with E-state index in [1.54, 1.807) is 0 Å². The van der Waals surface area contributed by atoms with Crippen molar-refractivity contribution in [3.05, 3.63) is 258 Å². The minimum absolute atomic E-state index is 0.476. The molecule has 2 aliphatic rings. The summed E-state index contributed by atoms with van der Waals surface area (Å²) >= 11 is 0. The molecule has 0 atom stereocenters. The van der Waals surface area contributed by atoms with E-state index in [4.69, 9.17) is 0 Å². The fourth-order valence-corrected chi connectivity index (χ4v) is 10.5. The van der Waals surface area contributed by atoms with Crippen LogP contribution in [0.5, 0.6) is 0 Å². The predicted octanol–water partition coefficient (Wildman–Crippen LogP) is 15.1. The van der Waals surface area contributed by atoms with Gasteiger partial charge in [-0.3, -0.25) is 0 Å². The maximum Gasteiger partial charge on any atom is 0.0714 e. The fourth-order valence-electron chi connectivity index (χ4n) is 10.5. The number of anilines is 3. The van der Waals surface area contributed by atoms with Crippen LogP contribution in [0.1, 0.15) is 33.4 Å². The van der Waals surface area contributed by atoms with Crippen molar-refractivity contribution >= 4 is 38.6 Å². The second kappa shape index (κ2) is 13.3. The summed E-state index contributed by atoms with van der Waals surface area (Å²) in [6, 6.07) is 83.2. The molecule has 276 valence electrons. The Morgan fingerprint density at radius 2 is 0.932 bits per heavy atom. The lowest BCUT2D eigenvalue weighted by molar-refractivity contribution is 0.768. The third-order valence-electron chi connectivity index (χ3n) is 12.9. The molecule has 59 heavy (non-hydrogen) atoms. The third-order valence-corrected chi connectivity index (χ3v) is 12.9. The first kappa shape index (κ1) is 33.6. The Kier molecular flexibility index (Phi) is 7.58. The molecule has 12 rings (SSSR count). The average molecular weight is 750 g/mol. The lowest BCUT2D eigenvalue weighted by Crippen LogP contribution is -2.28.